The van der Waals surface area contributed by atoms with Crippen molar-refractivity contribution in [3.8, 4) is 6.07 Å². The predicted molar refractivity (Wildman–Crippen MR) is 108 cm³/mol. The second-order valence-electron chi connectivity index (χ2n) is 5.90. The van der Waals surface area contributed by atoms with Crippen LogP contribution >= 0.6 is 11.8 Å². The second-order valence-corrected chi connectivity index (χ2v) is 6.91. The average Bonchev–Trinajstić information content (AvgIpc) is 2.70. The summed E-state index contributed by atoms with van der Waals surface area (Å²) >= 11 is 1.32. The van der Waals surface area contributed by atoms with Crippen molar-refractivity contribution in [3.05, 3.63) is 65.9 Å². The fourth-order valence-corrected chi connectivity index (χ4v) is 3.35. The molecule has 1 heterocycles. The Morgan fingerprint density at radius 2 is 1.93 bits per heavy atom. The monoisotopic (exact) mass is 391 g/mol. The lowest BCUT2D eigenvalue weighted by Crippen LogP contribution is -2.21. The maximum atomic E-state index is 12.5. The Hall–Kier alpha value is -3.37. The molecule has 1 aromatic heterocycles. The third kappa shape index (κ3) is 4.67. The number of nitriles is 1. The molecule has 0 aliphatic carbocycles. The summed E-state index contributed by atoms with van der Waals surface area (Å²) in [4.78, 5) is 29.9. The minimum Gasteiger partial charge on any atom is -0.452 e. The van der Waals surface area contributed by atoms with Crippen molar-refractivity contribution >= 4 is 40.2 Å². The van der Waals surface area contributed by atoms with Gasteiger partial charge in [-0.05, 0) is 31.2 Å². The molecular weight excluding hydrogens is 374 g/mol. The molecule has 0 aliphatic rings. The molecule has 1 N–H and O–H groups in total. The van der Waals surface area contributed by atoms with Crippen LogP contribution in [-0.4, -0.2) is 29.2 Å². The number of hydrogen-bond acceptors (Lipinski definition) is 6. The number of nitrogens with zero attached hydrogens (tertiary/aromatic N) is 2. The molecule has 2 aromatic carbocycles. The van der Waals surface area contributed by atoms with E-state index < -0.39 is 18.5 Å². The number of nitrogens with one attached hydrogen (secondary N) is 1. The third-order valence-corrected chi connectivity index (χ3v) is 4.79. The number of hydrogen-bond donors (Lipinski definition) is 1. The van der Waals surface area contributed by atoms with Crippen molar-refractivity contribution in [2.24, 2.45) is 0 Å². The standard InChI is InChI=1S/C21H17N3O3S/c1-14-12-16(15-6-2-3-7-17(15)23-14)21(26)27-13-20(25)24-18-8-4-5-9-19(18)28-11-10-22/h2-9,12H,11,13H2,1H3,(H,24,25). The van der Waals surface area contributed by atoms with Gasteiger partial charge in [-0.1, -0.05) is 30.3 Å². The summed E-state index contributed by atoms with van der Waals surface area (Å²) in [7, 11) is 0. The van der Waals surface area contributed by atoms with Crippen LogP contribution in [0.15, 0.2) is 59.5 Å². The van der Waals surface area contributed by atoms with Crippen molar-refractivity contribution in [3.63, 3.8) is 0 Å². The number of aryl methyl sites for hydroxylation is 1. The van der Waals surface area contributed by atoms with E-state index in [-0.39, 0.29) is 5.75 Å². The van der Waals surface area contributed by atoms with E-state index in [1.165, 1.54) is 11.8 Å². The minimum absolute atomic E-state index is 0.274. The third-order valence-electron chi connectivity index (χ3n) is 3.85. The van der Waals surface area contributed by atoms with E-state index >= 15 is 0 Å². The van der Waals surface area contributed by atoms with E-state index in [1.807, 2.05) is 36.4 Å². The van der Waals surface area contributed by atoms with Gasteiger partial charge in [-0.15, -0.1) is 11.8 Å². The number of carbonyl (C=O) groups excluding carboxylic acids is 2. The van der Waals surface area contributed by atoms with Crippen LogP contribution in [-0.2, 0) is 9.53 Å². The van der Waals surface area contributed by atoms with Crippen molar-refractivity contribution in [1.29, 1.82) is 5.26 Å². The zero-order valence-electron chi connectivity index (χ0n) is 15.1. The van der Waals surface area contributed by atoms with Crippen molar-refractivity contribution < 1.29 is 14.3 Å². The summed E-state index contributed by atoms with van der Waals surface area (Å²) in [5.41, 5.74) is 2.34. The highest BCUT2D eigenvalue weighted by atomic mass is 32.2. The molecule has 0 aliphatic heterocycles. The van der Waals surface area contributed by atoms with Crippen LogP contribution in [0.2, 0.25) is 0 Å². The molecule has 0 unspecified atom stereocenters. The van der Waals surface area contributed by atoms with Gasteiger partial charge in [0.2, 0.25) is 0 Å². The van der Waals surface area contributed by atoms with E-state index in [9.17, 15) is 9.59 Å². The highest BCUT2D eigenvalue weighted by molar-refractivity contribution is 7.99. The first-order valence-electron chi connectivity index (χ1n) is 8.50. The van der Waals surface area contributed by atoms with Gasteiger partial charge < -0.3 is 10.1 Å². The van der Waals surface area contributed by atoms with Crippen LogP contribution in [0.1, 0.15) is 16.1 Å². The van der Waals surface area contributed by atoms with Gasteiger partial charge in [-0.25, -0.2) is 4.79 Å². The number of ether oxygens (including phenoxy) is 1. The topological polar surface area (TPSA) is 92.1 Å². The quantitative estimate of drug-likeness (QED) is 0.505. The fraction of sp³-hybridized carbons (Fsp3) is 0.143. The van der Waals surface area contributed by atoms with E-state index in [4.69, 9.17) is 10.00 Å². The smallest absolute Gasteiger partial charge is 0.339 e. The molecule has 140 valence electrons. The Morgan fingerprint density at radius 3 is 2.75 bits per heavy atom. The van der Waals surface area contributed by atoms with E-state index in [0.29, 0.717) is 27.8 Å². The zero-order chi connectivity index (χ0) is 19.9. The Balaban J connectivity index is 1.68. The summed E-state index contributed by atoms with van der Waals surface area (Å²) in [6.45, 7) is 1.39. The molecule has 0 saturated heterocycles. The molecule has 6 nitrogen and oxygen atoms in total. The normalized spacial score (nSPS) is 10.3. The Kier molecular flexibility index (Phi) is 6.25. The number of amides is 1. The average molecular weight is 391 g/mol. The van der Waals surface area contributed by atoms with Crippen molar-refractivity contribution in [1.82, 2.24) is 4.98 Å². The first kappa shape index (κ1) is 19.4. The fourth-order valence-electron chi connectivity index (χ4n) is 2.68. The van der Waals surface area contributed by atoms with Crippen LogP contribution in [0.25, 0.3) is 10.9 Å². The Labute approximate surface area is 166 Å². The number of carbonyl (C=O) groups is 2. The van der Waals surface area contributed by atoms with Crippen LogP contribution < -0.4 is 5.32 Å². The van der Waals surface area contributed by atoms with Crippen LogP contribution in [0, 0.1) is 18.3 Å². The van der Waals surface area contributed by atoms with Gasteiger partial charge in [0.25, 0.3) is 5.91 Å². The maximum Gasteiger partial charge on any atom is 0.339 e. The van der Waals surface area contributed by atoms with Gasteiger partial charge in [-0.2, -0.15) is 5.26 Å². The first-order valence-corrected chi connectivity index (χ1v) is 9.49. The molecule has 0 fully saturated rings. The largest absolute Gasteiger partial charge is 0.452 e. The molecule has 0 radical (unpaired) electrons. The maximum absolute atomic E-state index is 12.5. The number of rotatable bonds is 6. The number of benzene rings is 2. The molecule has 0 atom stereocenters. The summed E-state index contributed by atoms with van der Waals surface area (Å²) in [6.07, 6.45) is 0. The number of para-hydroxylation sites is 2. The van der Waals surface area contributed by atoms with Crippen LogP contribution in [0.4, 0.5) is 5.69 Å². The van der Waals surface area contributed by atoms with Gasteiger partial charge in [0.15, 0.2) is 6.61 Å². The second kappa shape index (κ2) is 9.02. The summed E-state index contributed by atoms with van der Waals surface area (Å²) in [5, 5.41) is 12.1. The van der Waals surface area contributed by atoms with Crippen molar-refractivity contribution in [2.45, 2.75) is 11.8 Å². The molecule has 0 bridgehead atoms. The number of thioether (sulfide) groups is 1. The lowest BCUT2D eigenvalue weighted by Gasteiger charge is -2.11. The molecule has 3 rings (SSSR count). The highest BCUT2D eigenvalue weighted by Gasteiger charge is 2.15. The van der Waals surface area contributed by atoms with E-state index in [0.717, 1.165) is 4.90 Å². The number of pyridine rings is 1. The summed E-state index contributed by atoms with van der Waals surface area (Å²) in [6, 6.07) is 18.1. The number of fused-ring (bicyclic) bond motifs is 1. The van der Waals surface area contributed by atoms with Crippen LogP contribution in [0.3, 0.4) is 0 Å². The molecule has 1 amide bonds. The zero-order valence-corrected chi connectivity index (χ0v) is 16.0. The van der Waals surface area contributed by atoms with Gasteiger partial charge in [0.1, 0.15) is 0 Å². The SMILES string of the molecule is Cc1cc(C(=O)OCC(=O)Nc2ccccc2SCC#N)c2ccccc2n1. The molecular formula is C21H17N3O3S. The highest BCUT2D eigenvalue weighted by Crippen LogP contribution is 2.26. The number of aromatic nitrogens is 1. The van der Waals surface area contributed by atoms with Gasteiger partial charge in [-0.3, -0.25) is 9.78 Å². The molecule has 0 spiro atoms. The van der Waals surface area contributed by atoms with Gasteiger partial charge >= 0.3 is 5.97 Å². The minimum atomic E-state index is -0.580. The lowest BCUT2D eigenvalue weighted by atomic mass is 10.1. The Bertz CT molecular complexity index is 1080. The molecule has 28 heavy (non-hydrogen) atoms. The van der Waals surface area contributed by atoms with Crippen LogP contribution in [0.5, 0.6) is 0 Å². The van der Waals surface area contributed by atoms with E-state index in [2.05, 4.69) is 10.3 Å². The predicted octanol–water partition coefficient (Wildman–Crippen LogP) is 3.95. The van der Waals surface area contributed by atoms with Crippen molar-refractivity contribution in [2.75, 3.05) is 17.7 Å². The molecule has 3 aromatic rings. The van der Waals surface area contributed by atoms with Gasteiger partial charge in [0.05, 0.1) is 28.6 Å². The molecule has 7 heteroatoms. The first-order chi connectivity index (χ1) is 13.6. The Morgan fingerprint density at radius 1 is 1.18 bits per heavy atom. The molecule has 0 saturated carbocycles. The number of esters is 1. The lowest BCUT2D eigenvalue weighted by molar-refractivity contribution is -0.119. The number of anilines is 1. The van der Waals surface area contributed by atoms with Gasteiger partial charge in [0, 0.05) is 16.0 Å². The van der Waals surface area contributed by atoms with E-state index in [1.54, 1.807) is 31.2 Å². The summed E-state index contributed by atoms with van der Waals surface area (Å²) in [5.74, 6) is -0.756. The summed E-state index contributed by atoms with van der Waals surface area (Å²) < 4.78 is 5.21.